The average molecular weight is 306 g/mol. The van der Waals surface area contributed by atoms with Crippen LogP contribution < -0.4 is 10.6 Å². The Hall–Kier alpha value is -2.54. The van der Waals surface area contributed by atoms with Crippen LogP contribution in [0.25, 0.3) is 0 Å². The standard InChI is InChI=1S/C14H14N2O4S/c1-8(9-4-5-21-7-9)15-14(20)16-12-3-2-10(17)6-11(12)13(18)19/h2-8,17H,1H3,(H,18,19)(H2,15,16,20). The van der Waals surface area contributed by atoms with Gasteiger partial charge in [0, 0.05) is 0 Å². The number of aromatic carboxylic acids is 1. The van der Waals surface area contributed by atoms with Gasteiger partial charge < -0.3 is 20.8 Å². The Morgan fingerprint density at radius 3 is 2.67 bits per heavy atom. The highest BCUT2D eigenvalue weighted by Crippen LogP contribution is 2.22. The van der Waals surface area contributed by atoms with Crippen LogP contribution in [0.15, 0.2) is 35.0 Å². The molecule has 1 aromatic heterocycles. The van der Waals surface area contributed by atoms with E-state index >= 15 is 0 Å². The molecule has 2 rings (SSSR count). The Kier molecular flexibility index (Phi) is 4.44. The molecule has 21 heavy (non-hydrogen) atoms. The van der Waals surface area contributed by atoms with E-state index in [0.29, 0.717) is 0 Å². The molecule has 0 spiro atoms. The number of anilines is 1. The van der Waals surface area contributed by atoms with E-state index in [4.69, 9.17) is 5.11 Å². The molecule has 1 unspecified atom stereocenters. The van der Waals surface area contributed by atoms with Gasteiger partial charge in [-0.25, -0.2) is 9.59 Å². The molecule has 7 heteroatoms. The fourth-order valence-corrected chi connectivity index (χ4v) is 2.53. The summed E-state index contributed by atoms with van der Waals surface area (Å²) < 4.78 is 0. The van der Waals surface area contributed by atoms with E-state index in [1.165, 1.54) is 23.5 Å². The number of rotatable bonds is 4. The van der Waals surface area contributed by atoms with Crippen LogP contribution in [-0.2, 0) is 0 Å². The molecule has 0 radical (unpaired) electrons. The lowest BCUT2D eigenvalue weighted by Crippen LogP contribution is -2.31. The number of phenols is 1. The number of nitrogens with one attached hydrogen (secondary N) is 2. The molecule has 0 aliphatic heterocycles. The van der Waals surface area contributed by atoms with Crippen LogP contribution in [-0.4, -0.2) is 22.2 Å². The SMILES string of the molecule is CC(NC(=O)Nc1ccc(O)cc1C(=O)O)c1ccsc1. The van der Waals surface area contributed by atoms with Gasteiger partial charge in [0.1, 0.15) is 5.75 Å². The molecule has 0 fully saturated rings. The molecule has 1 aromatic carbocycles. The molecule has 0 aliphatic carbocycles. The summed E-state index contributed by atoms with van der Waals surface area (Å²) in [6, 6.07) is 4.93. The molecule has 0 aliphatic rings. The summed E-state index contributed by atoms with van der Waals surface area (Å²) in [6.45, 7) is 1.83. The van der Waals surface area contributed by atoms with Gasteiger partial charge in [-0.15, -0.1) is 0 Å². The number of carbonyl (C=O) groups is 2. The number of amides is 2. The molecule has 4 N–H and O–H groups in total. The Morgan fingerprint density at radius 1 is 1.29 bits per heavy atom. The molecule has 2 amide bonds. The van der Waals surface area contributed by atoms with Crippen LogP contribution in [0.2, 0.25) is 0 Å². The lowest BCUT2D eigenvalue weighted by Gasteiger charge is -2.14. The maximum atomic E-state index is 11.9. The number of phenolic OH excluding ortho intramolecular Hbond substituents is 1. The first-order chi connectivity index (χ1) is 9.97. The number of carboxylic acid groups (broad SMARTS) is 1. The number of hydrogen-bond acceptors (Lipinski definition) is 4. The van der Waals surface area contributed by atoms with Crippen molar-refractivity contribution in [2.24, 2.45) is 0 Å². The van der Waals surface area contributed by atoms with Crippen molar-refractivity contribution in [2.75, 3.05) is 5.32 Å². The Morgan fingerprint density at radius 2 is 2.05 bits per heavy atom. The van der Waals surface area contributed by atoms with Crippen LogP contribution in [0.4, 0.5) is 10.5 Å². The number of carboxylic acids is 1. The first kappa shape index (κ1) is 14.9. The Balaban J connectivity index is 2.08. The van der Waals surface area contributed by atoms with Crippen molar-refractivity contribution < 1.29 is 19.8 Å². The minimum Gasteiger partial charge on any atom is -0.508 e. The molecule has 2 aromatic rings. The van der Waals surface area contributed by atoms with Crippen LogP contribution in [0.3, 0.4) is 0 Å². The third kappa shape index (κ3) is 3.73. The number of urea groups is 1. The highest BCUT2D eigenvalue weighted by atomic mass is 32.1. The molecular formula is C14H14N2O4S. The minimum atomic E-state index is -1.23. The zero-order valence-electron chi connectivity index (χ0n) is 11.2. The second kappa shape index (κ2) is 6.27. The van der Waals surface area contributed by atoms with Crippen molar-refractivity contribution in [1.29, 1.82) is 0 Å². The number of thiophene rings is 1. The van der Waals surface area contributed by atoms with E-state index in [1.807, 2.05) is 23.8 Å². The largest absolute Gasteiger partial charge is 0.508 e. The molecule has 0 saturated carbocycles. The molecule has 0 saturated heterocycles. The summed E-state index contributed by atoms with van der Waals surface area (Å²) in [6.07, 6.45) is 0. The van der Waals surface area contributed by atoms with E-state index in [1.54, 1.807) is 0 Å². The summed E-state index contributed by atoms with van der Waals surface area (Å²) in [5.74, 6) is -1.41. The summed E-state index contributed by atoms with van der Waals surface area (Å²) >= 11 is 1.53. The normalized spacial score (nSPS) is 11.7. The van der Waals surface area contributed by atoms with Gasteiger partial charge >= 0.3 is 12.0 Å². The lowest BCUT2D eigenvalue weighted by atomic mass is 10.1. The van der Waals surface area contributed by atoms with Crippen molar-refractivity contribution in [1.82, 2.24) is 5.32 Å². The topological polar surface area (TPSA) is 98.7 Å². The third-order valence-electron chi connectivity index (χ3n) is 2.87. The number of benzene rings is 1. The van der Waals surface area contributed by atoms with Gasteiger partial charge in [-0.2, -0.15) is 11.3 Å². The van der Waals surface area contributed by atoms with Crippen LogP contribution in [0.5, 0.6) is 5.75 Å². The summed E-state index contributed by atoms with van der Waals surface area (Å²) in [4.78, 5) is 23.0. The summed E-state index contributed by atoms with van der Waals surface area (Å²) in [5.41, 5.74) is 0.919. The van der Waals surface area contributed by atoms with Crippen molar-refractivity contribution in [2.45, 2.75) is 13.0 Å². The Bertz CT molecular complexity index is 655. The molecule has 110 valence electrons. The predicted octanol–water partition coefficient (Wildman–Crippen LogP) is 3.03. The van der Waals surface area contributed by atoms with Crippen molar-refractivity contribution >= 4 is 29.0 Å². The monoisotopic (exact) mass is 306 g/mol. The van der Waals surface area contributed by atoms with Gasteiger partial charge in [-0.3, -0.25) is 0 Å². The fourth-order valence-electron chi connectivity index (χ4n) is 1.78. The van der Waals surface area contributed by atoms with Gasteiger partial charge in [-0.1, -0.05) is 0 Å². The van der Waals surface area contributed by atoms with Crippen molar-refractivity contribution in [3.05, 3.63) is 46.2 Å². The zero-order valence-corrected chi connectivity index (χ0v) is 12.0. The molecule has 1 atom stereocenters. The van der Waals surface area contributed by atoms with Crippen molar-refractivity contribution in [3.63, 3.8) is 0 Å². The second-order valence-electron chi connectivity index (χ2n) is 4.41. The molecule has 6 nitrogen and oxygen atoms in total. The van der Waals surface area contributed by atoms with E-state index in [2.05, 4.69) is 10.6 Å². The third-order valence-corrected chi connectivity index (χ3v) is 3.57. The lowest BCUT2D eigenvalue weighted by molar-refractivity contribution is 0.0697. The van der Waals surface area contributed by atoms with Gasteiger partial charge in [0.2, 0.25) is 0 Å². The van der Waals surface area contributed by atoms with E-state index < -0.39 is 12.0 Å². The highest BCUT2D eigenvalue weighted by Gasteiger charge is 2.15. The van der Waals surface area contributed by atoms with Crippen LogP contribution >= 0.6 is 11.3 Å². The average Bonchev–Trinajstić information content (AvgIpc) is 2.94. The number of carbonyl (C=O) groups excluding carboxylic acids is 1. The first-order valence-electron chi connectivity index (χ1n) is 6.13. The number of hydrogen-bond donors (Lipinski definition) is 4. The Labute approximate surface area is 125 Å². The quantitative estimate of drug-likeness (QED) is 0.652. The van der Waals surface area contributed by atoms with Gasteiger partial charge in [0.25, 0.3) is 0 Å². The second-order valence-corrected chi connectivity index (χ2v) is 5.19. The molecule has 1 heterocycles. The number of aromatic hydroxyl groups is 1. The van der Waals surface area contributed by atoms with Crippen LogP contribution in [0, 0.1) is 0 Å². The summed E-state index contributed by atoms with van der Waals surface area (Å²) in [5, 5.41) is 27.4. The predicted molar refractivity (Wildman–Crippen MR) is 80.0 cm³/mol. The zero-order chi connectivity index (χ0) is 15.4. The maximum absolute atomic E-state index is 11.9. The van der Waals surface area contributed by atoms with Crippen molar-refractivity contribution in [3.8, 4) is 5.75 Å². The molecular weight excluding hydrogens is 292 g/mol. The van der Waals surface area contributed by atoms with Gasteiger partial charge in [0.05, 0.1) is 17.3 Å². The van der Waals surface area contributed by atoms with Crippen LogP contribution in [0.1, 0.15) is 28.9 Å². The van der Waals surface area contributed by atoms with E-state index in [9.17, 15) is 14.7 Å². The summed E-state index contributed by atoms with van der Waals surface area (Å²) in [7, 11) is 0. The fraction of sp³-hybridized carbons (Fsp3) is 0.143. The van der Waals surface area contributed by atoms with E-state index in [0.717, 1.165) is 11.6 Å². The van der Waals surface area contributed by atoms with E-state index in [-0.39, 0.29) is 23.0 Å². The van der Waals surface area contributed by atoms with Gasteiger partial charge in [-0.05, 0) is 47.5 Å². The first-order valence-corrected chi connectivity index (χ1v) is 7.07. The smallest absolute Gasteiger partial charge is 0.337 e. The highest BCUT2D eigenvalue weighted by molar-refractivity contribution is 7.07. The molecule has 0 bridgehead atoms. The maximum Gasteiger partial charge on any atom is 0.337 e. The minimum absolute atomic E-state index is 0.121. The van der Waals surface area contributed by atoms with Gasteiger partial charge in [0.15, 0.2) is 0 Å².